The van der Waals surface area contributed by atoms with Crippen LogP contribution in [-0.2, 0) is 4.74 Å². The summed E-state index contributed by atoms with van der Waals surface area (Å²) >= 11 is 0. The molecule has 0 aliphatic carbocycles. The summed E-state index contributed by atoms with van der Waals surface area (Å²) in [7, 11) is 0. The fraction of sp³-hybridized carbons (Fsp3) is 1.00. The molecule has 0 bridgehead atoms. The first-order chi connectivity index (χ1) is 5.18. The van der Waals surface area contributed by atoms with Gasteiger partial charge in [-0.2, -0.15) is 0 Å². The Hall–Kier alpha value is -0.0800. The fourth-order valence-electron chi connectivity index (χ4n) is 1.00. The molecule has 0 aliphatic rings. The SMILES string of the molecule is CCCOC(C)(CC)CCN. The molecule has 0 fully saturated rings. The predicted octanol–water partition coefficient (Wildman–Crippen LogP) is 1.93. The lowest BCUT2D eigenvalue weighted by Gasteiger charge is -2.27. The van der Waals surface area contributed by atoms with Crippen LogP contribution in [0.2, 0.25) is 0 Å². The molecule has 0 aliphatic heterocycles. The van der Waals surface area contributed by atoms with Crippen molar-refractivity contribution in [2.75, 3.05) is 13.2 Å². The third-order valence-corrected chi connectivity index (χ3v) is 2.08. The maximum atomic E-state index is 5.69. The van der Waals surface area contributed by atoms with Crippen LogP contribution in [0, 0.1) is 0 Å². The Kier molecular flexibility index (Phi) is 5.51. The molecular weight excluding hydrogens is 138 g/mol. The number of hydrogen-bond acceptors (Lipinski definition) is 2. The summed E-state index contributed by atoms with van der Waals surface area (Å²) in [5.74, 6) is 0. The molecule has 0 aromatic rings. The molecular formula is C9H21NO. The smallest absolute Gasteiger partial charge is 0.0663 e. The van der Waals surface area contributed by atoms with Crippen molar-refractivity contribution in [2.24, 2.45) is 5.73 Å². The van der Waals surface area contributed by atoms with Crippen molar-refractivity contribution in [3.8, 4) is 0 Å². The van der Waals surface area contributed by atoms with Gasteiger partial charge in [0.05, 0.1) is 5.60 Å². The Labute approximate surface area is 70.1 Å². The number of ether oxygens (including phenoxy) is 1. The van der Waals surface area contributed by atoms with E-state index in [9.17, 15) is 0 Å². The number of nitrogens with two attached hydrogens (primary N) is 1. The maximum Gasteiger partial charge on any atom is 0.0663 e. The highest BCUT2D eigenvalue weighted by Gasteiger charge is 2.20. The lowest BCUT2D eigenvalue weighted by atomic mass is 9.99. The molecule has 0 amide bonds. The summed E-state index contributed by atoms with van der Waals surface area (Å²) in [6.45, 7) is 7.97. The van der Waals surface area contributed by atoms with E-state index in [1.807, 2.05) is 0 Å². The quantitative estimate of drug-likeness (QED) is 0.642. The third kappa shape index (κ3) is 4.38. The Morgan fingerprint density at radius 3 is 2.36 bits per heavy atom. The first-order valence-corrected chi connectivity index (χ1v) is 4.52. The summed E-state index contributed by atoms with van der Waals surface area (Å²) in [5, 5.41) is 0. The molecule has 11 heavy (non-hydrogen) atoms. The molecule has 0 spiro atoms. The third-order valence-electron chi connectivity index (χ3n) is 2.08. The molecule has 0 rings (SSSR count). The van der Waals surface area contributed by atoms with Crippen molar-refractivity contribution >= 4 is 0 Å². The van der Waals surface area contributed by atoms with Gasteiger partial charge >= 0.3 is 0 Å². The minimum atomic E-state index is 0.0186. The zero-order chi connectivity index (χ0) is 8.74. The van der Waals surface area contributed by atoms with Crippen LogP contribution in [0.1, 0.15) is 40.0 Å². The van der Waals surface area contributed by atoms with Crippen molar-refractivity contribution in [3.63, 3.8) is 0 Å². The second kappa shape index (κ2) is 5.56. The topological polar surface area (TPSA) is 35.2 Å². The van der Waals surface area contributed by atoms with Crippen molar-refractivity contribution in [1.82, 2.24) is 0 Å². The molecule has 0 aromatic heterocycles. The monoisotopic (exact) mass is 159 g/mol. The Bertz CT molecular complexity index is 95.6. The van der Waals surface area contributed by atoms with Crippen molar-refractivity contribution in [1.29, 1.82) is 0 Å². The largest absolute Gasteiger partial charge is 0.375 e. The Balaban J connectivity index is 3.68. The second-order valence-corrected chi connectivity index (χ2v) is 3.19. The molecule has 0 aromatic carbocycles. The van der Waals surface area contributed by atoms with Crippen molar-refractivity contribution in [2.45, 2.75) is 45.6 Å². The van der Waals surface area contributed by atoms with Crippen LogP contribution >= 0.6 is 0 Å². The molecule has 0 saturated carbocycles. The highest BCUT2D eigenvalue weighted by atomic mass is 16.5. The molecule has 0 heterocycles. The van der Waals surface area contributed by atoms with Crippen LogP contribution in [0.3, 0.4) is 0 Å². The van der Waals surface area contributed by atoms with Gasteiger partial charge in [-0.05, 0) is 32.7 Å². The summed E-state index contributed by atoms with van der Waals surface area (Å²) in [6.07, 6.45) is 3.09. The van der Waals surface area contributed by atoms with Crippen LogP contribution in [0.15, 0.2) is 0 Å². The zero-order valence-electron chi connectivity index (χ0n) is 8.02. The van der Waals surface area contributed by atoms with Crippen molar-refractivity contribution in [3.05, 3.63) is 0 Å². The maximum absolute atomic E-state index is 5.69. The molecule has 68 valence electrons. The molecule has 1 unspecified atom stereocenters. The zero-order valence-corrected chi connectivity index (χ0v) is 8.02. The van der Waals surface area contributed by atoms with Crippen LogP contribution in [-0.4, -0.2) is 18.8 Å². The van der Waals surface area contributed by atoms with Gasteiger partial charge in [-0.1, -0.05) is 13.8 Å². The van der Waals surface area contributed by atoms with Crippen LogP contribution < -0.4 is 5.73 Å². The summed E-state index contributed by atoms with van der Waals surface area (Å²) in [5.41, 5.74) is 5.50. The number of rotatable bonds is 6. The van der Waals surface area contributed by atoms with E-state index in [1.54, 1.807) is 0 Å². The lowest BCUT2D eigenvalue weighted by molar-refractivity contribution is -0.0382. The molecule has 2 heteroatoms. The van der Waals surface area contributed by atoms with E-state index in [1.165, 1.54) is 0 Å². The predicted molar refractivity (Wildman–Crippen MR) is 48.6 cm³/mol. The van der Waals surface area contributed by atoms with Gasteiger partial charge in [-0.15, -0.1) is 0 Å². The number of hydrogen-bond donors (Lipinski definition) is 1. The van der Waals surface area contributed by atoms with Gasteiger partial charge in [-0.25, -0.2) is 0 Å². The molecule has 0 saturated heterocycles. The van der Waals surface area contributed by atoms with E-state index < -0.39 is 0 Å². The average molecular weight is 159 g/mol. The summed E-state index contributed by atoms with van der Waals surface area (Å²) < 4.78 is 5.69. The van der Waals surface area contributed by atoms with Gasteiger partial charge in [0, 0.05) is 6.61 Å². The minimum absolute atomic E-state index is 0.0186. The Morgan fingerprint density at radius 2 is 2.00 bits per heavy atom. The molecule has 1 atom stereocenters. The lowest BCUT2D eigenvalue weighted by Crippen LogP contribution is -2.31. The van der Waals surface area contributed by atoms with Crippen molar-refractivity contribution < 1.29 is 4.74 Å². The van der Waals surface area contributed by atoms with Crippen LogP contribution in [0.25, 0.3) is 0 Å². The Morgan fingerprint density at radius 1 is 1.36 bits per heavy atom. The average Bonchev–Trinajstić information content (AvgIpc) is 2.02. The van der Waals surface area contributed by atoms with Crippen LogP contribution in [0.4, 0.5) is 0 Å². The van der Waals surface area contributed by atoms with Gasteiger partial charge in [0.15, 0.2) is 0 Å². The van der Waals surface area contributed by atoms with E-state index in [-0.39, 0.29) is 5.60 Å². The van der Waals surface area contributed by atoms with E-state index in [0.717, 1.165) is 25.9 Å². The first-order valence-electron chi connectivity index (χ1n) is 4.52. The van der Waals surface area contributed by atoms with E-state index in [4.69, 9.17) is 10.5 Å². The van der Waals surface area contributed by atoms with E-state index in [0.29, 0.717) is 6.54 Å². The van der Waals surface area contributed by atoms with Gasteiger partial charge in [0.25, 0.3) is 0 Å². The van der Waals surface area contributed by atoms with Crippen LogP contribution in [0.5, 0.6) is 0 Å². The first kappa shape index (κ1) is 10.9. The van der Waals surface area contributed by atoms with Gasteiger partial charge in [0.2, 0.25) is 0 Å². The summed E-state index contributed by atoms with van der Waals surface area (Å²) in [6, 6.07) is 0. The molecule has 2 N–H and O–H groups in total. The minimum Gasteiger partial charge on any atom is -0.375 e. The second-order valence-electron chi connectivity index (χ2n) is 3.19. The standard InChI is InChI=1S/C9H21NO/c1-4-8-11-9(3,5-2)6-7-10/h4-8,10H2,1-3H3. The summed E-state index contributed by atoms with van der Waals surface area (Å²) in [4.78, 5) is 0. The molecule has 2 nitrogen and oxygen atoms in total. The fourth-order valence-corrected chi connectivity index (χ4v) is 1.00. The van der Waals surface area contributed by atoms with Gasteiger partial charge in [0.1, 0.15) is 0 Å². The molecule has 0 radical (unpaired) electrons. The van der Waals surface area contributed by atoms with E-state index in [2.05, 4.69) is 20.8 Å². The normalized spacial score (nSPS) is 16.4. The van der Waals surface area contributed by atoms with Gasteiger partial charge in [-0.3, -0.25) is 0 Å². The highest BCUT2D eigenvalue weighted by molar-refractivity contribution is 4.73. The highest BCUT2D eigenvalue weighted by Crippen LogP contribution is 2.18. The van der Waals surface area contributed by atoms with E-state index >= 15 is 0 Å². The van der Waals surface area contributed by atoms with Gasteiger partial charge < -0.3 is 10.5 Å².